The Morgan fingerprint density at radius 1 is 1.29 bits per heavy atom. The molecule has 5 nitrogen and oxygen atoms in total. The molecular weight excluding hydrogens is 322 g/mol. The number of furan rings is 1. The summed E-state index contributed by atoms with van der Waals surface area (Å²) in [6.45, 7) is 5.99. The van der Waals surface area contributed by atoms with Crippen LogP contribution in [0.2, 0.25) is 0 Å². The molecule has 2 aliphatic heterocycles. The molecule has 0 bridgehead atoms. The van der Waals surface area contributed by atoms with Gasteiger partial charge < -0.3 is 14.2 Å². The molecule has 0 N–H and O–H groups in total. The molecule has 0 radical (unpaired) electrons. The van der Waals surface area contributed by atoms with Gasteiger partial charge in [-0.3, -0.25) is 4.79 Å². The van der Waals surface area contributed by atoms with Crippen LogP contribution in [0.5, 0.6) is 0 Å². The summed E-state index contributed by atoms with van der Waals surface area (Å²) in [6, 6.07) is 1.83. The van der Waals surface area contributed by atoms with Crippen LogP contribution in [0.15, 0.2) is 22.1 Å². The third-order valence-corrected chi connectivity index (χ3v) is 6.26. The number of nitrogens with zero attached hydrogens (tertiary/aromatic N) is 3. The fourth-order valence-corrected chi connectivity index (χ4v) is 4.45. The van der Waals surface area contributed by atoms with Crippen LogP contribution in [0.3, 0.4) is 0 Å². The van der Waals surface area contributed by atoms with E-state index in [2.05, 4.69) is 16.9 Å². The molecule has 4 heterocycles. The summed E-state index contributed by atoms with van der Waals surface area (Å²) in [5.41, 5.74) is 1.78. The minimum absolute atomic E-state index is 0.0905. The molecule has 0 unspecified atom stereocenters. The SMILES string of the molecule is Cc1nc(-c2cc(C(=O)N3CCC4(CCN(C)CC4)C3)co2)cs1. The summed E-state index contributed by atoms with van der Waals surface area (Å²) in [5.74, 6) is 0.767. The van der Waals surface area contributed by atoms with Crippen LogP contribution in [0.25, 0.3) is 11.5 Å². The van der Waals surface area contributed by atoms with Crippen LogP contribution in [0.4, 0.5) is 0 Å². The van der Waals surface area contributed by atoms with Crippen LogP contribution >= 0.6 is 11.3 Å². The smallest absolute Gasteiger partial charge is 0.257 e. The number of aromatic nitrogens is 1. The fourth-order valence-electron chi connectivity index (χ4n) is 3.85. The second-order valence-corrected chi connectivity index (χ2v) is 8.29. The first-order valence-corrected chi connectivity index (χ1v) is 9.42. The van der Waals surface area contributed by atoms with Gasteiger partial charge in [0.15, 0.2) is 5.76 Å². The van der Waals surface area contributed by atoms with Crippen molar-refractivity contribution >= 4 is 17.2 Å². The Hall–Kier alpha value is -1.66. The van der Waals surface area contributed by atoms with Gasteiger partial charge >= 0.3 is 0 Å². The number of thiazole rings is 1. The summed E-state index contributed by atoms with van der Waals surface area (Å²) in [6.07, 6.45) is 5.10. The van der Waals surface area contributed by atoms with Crippen molar-refractivity contribution in [1.82, 2.24) is 14.8 Å². The molecule has 2 aliphatic rings. The lowest BCUT2D eigenvalue weighted by molar-refractivity contribution is 0.0736. The quantitative estimate of drug-likeness (QED) is 0.838. The van der Waals surface area contributed by atoms with E-state index in [1.807, 2.05) is 23.3 Å². The van der Waals surface area contributed by atoms with Crippen molar-refractivity contribution in [2.45, 2.75) is 26.2 Å². The highest BCUT2D eigenvalue weighted by molar-refractivity contribution is 7.09. The van der Waals surface area contributed by atoms with E-state index in [9.17, 15) is 4.79 Å². The van der Waals surface area contributed by atoms with E-state index < -0.39 is 0 Å². The number of aryl methyl sites for hydroxylation is 1. The standard InChI is InChI=1S/C18H23N3O2S/c1-13-19-15(11-24-13)16-9-14(10-23-16)17(22)21-8-5-18(12-21)3-6-20(2)7-4-18/h9-11H,3-8,12H2,1-2H3. The number of carbonyl (C=O) groups is 1. The minimum Gasteiger partial charge on any atom is -0.462 e. The summed E-state index contributed by atoms with van der Waals surface area (Å²) in [4.78, 5) is 21.6. The van der Waals surface area contributed by atoms with Crippen molar-refractivity contribution in [3.05, 3.63) is 28.3 Å². The summed E-state index contributed by atoms with van der Waals surface area (Å²) >= 11 is 1.59. The Morgan fingerprint density at radius 2 is 2.04 bits per heavy atom. The summed E-state index contributed by atoms with van der Waals surface area (Å²) in [7, 11) is 2.18. The van der Waals surface area contributed by atoms with Crippen LogP contribution in [-0.2, 0) is 0 Å². The lowest BCUT2D eigenvalue weighted by atomic mass is 9.78. The molecule has 24 heavy (non-hydrogen) atoms. The Labute approximate surface area is 146 Å². The molecule has 0 atom stereocenters. The predicted octanol–water partition coefficient (Wildman–Crippen LogP) is 3.27. The summed E-state index contributed by atoms with van der Waals surface area (Å²) in [5, 5.41) is 2.96. The Morgan fingerprint density at radius 3 is 2.75 bits per heavy atom. The second kappa shape index (κ2) is 6.01. The fraction of sp³-hybridized carbons (Fsp3) is 0.556. The van der Waals surface area contributed by atoms with E-state index in [-0.39, 0.29) is 5.91 Å². The highest BCUT2D eigenvalue weighted by atomic mass is 32.1. The summed E-state index contributed by atoms with van der Waals surface area (Å²) < 4.78 is 5.59. The van der Waals surface area contributed by atoms with Gasteiger partial charge in [-0.05, 0) is 57.8 Å². The van der Waals surface area contributed by atoms with Crippen LogP contribution in [-0.4, -0.2) is 53.9 Å². The molecule has 128 valence electrons. The van der Waals surface area contributed by atoms with Crippen molar-refractivity contribution in [2.24, 2.45) is 5.41 Å². The van der Waals surface area contributed by atoms with E-state index in [1.54, 1.807) is 17.6 Å². The largest absolute Gasteiger partial charge is 0.462 e. The van der Waals surface area contributed by atoms with Gasteiger partial charge in [-0.2, -0.15) is 0 Å². The van der Waals surface area contributed by atoms with Crippen LogP contribution in [0, 0.1) is 12.3 Å². The maximum Gasteiger partial charge on any atom is 0.257 e. The maximum atomic E-state index is 12.8. The molecular formula is C18H23N3O2S. The average Bonchev–Trinajstić information content (AvgIpc) is 3.30. The first kappa shape index (κ1) is 15.8. The van der Waals surface area contributed by atoms with Crippen molar-refractivity contribution in [3.8, 4) is 11.5 Å². The Balaban J connectivity index is 1.46. The molecule has 0 aromatic carbocycles. The number of rotatable bonds is 2. The first-order valence-electron chi connectivity index (χ1n) is 8.54. The Bertz CT molecular complexity index is 743. The molecule has 0 saturated carbocycles. The lowest BCUT2D eigenvalue weighted by Gasteiger charge is -2.37. The zero-order valence-electron chi connectivity index (χ0n) is 14.2. The number of likely N-dealkylation sites (tertiary alicyclic amines) is 2. The van der Waals surface area contributed by atoms with Crippen molar-refractivity contribution in [1.29, 1.82) is 0 Å². The maximum absolute atomic E-state index is 12.8. The lowest BCUT2D eigenvalue weighted by Crippen LogP contribution is -2.40. The molecule has 6 heteroatoms. The van der Waals surface area contributed by atoms with E-state index in [0.29, 0.717) is 16.7 Å². The van der Waals surface area contributed by atoms with Gasteiger partial charge in [0, 0.05) is 18.5 Å². The molecule has 2 saturated heterocycles. The zero-order chi connectivity index (χ0) is 16.7. The zero-order valence-corrected chi connectivity index (χ0v) is 15.1. The Kier molecular flexibility index (Phi) is 3.96. The number of carbonyl (C=O) groups excluding carboxylic acids is 1. The predicted molar refractivity (Wildman–Crippen MR) is 94.2 cm³/mol. The third-order valence-electron chi connectivity index (χ3n) is 5.49. The van der Waals surface area contributed by atoms with Crippen LogP contribution in [0.1, 0.15) is 34.6 Å². The molecule has 4 rings (SSSR count). The molecule has 1 amide bonds. The van der Waals surface area contributed by atoms with Gasteiger partial charge in [0.2, 0.25) is 0 Å². The van der Waals surface area contributed by atoms with E-state index in [1.165, 1.54) is 12.8 Å². The first-order chi connectivity index (χ1) is 11.5. The van der Waals surface area contributed by atoms with E-state index >= 15 is 0 Å². The normalized spacial score (nSPS) is 20.8. The number of hydrogen-bond acceptors (Lipinski definition) is 5. The molecule has 2 aromatic rings. The monoisotopic (exact) mass is 345 g/mol. The number of amides is 1. The topological polar surface area (TPSA) is 49.6 Å². The molecule has 0 aliphatic carbocycles. The van der Waals surface area contributed by atoms with Gasteiger partial charge in [-0.25, -0.2) is 4.98 Å². The second-order valence-electron chi connectivity index (χ2n) is 7.23. The van der Waals surface area contributed by atoms with Gasteiger partial charge in [-0.15, -0.1) is 11.3 Å². The van der Waals surface area contributed by atoms with Crippen molar-refractivity contribution < 1.29 is 9.21 Å². The third kappa shape index (κ3) is 2.89. The highest BCUT2D eigenvalue weighted by Crippen LogP contribution is 2.40. The highest BCUT2D eigenvalue weighted by Gasteiger charge is 2.41. The number of hydrogen-bond donors (Lipinski definition) is 0. The minimum atomic E-state index is 0.0905. The van der Waals surface area contributed by atoms with Crippen LogP contribution < -0.4 is 0 Å². The van der Waals surface area contributed by atoms with Gasteiger partial charge in [-0.1, -0.05) is 0 Å². The molecule has 2 aromatic heterocycles. The van der Waals surface area contributed by atoms with E-state index in [4.69, 9.17) is 4.42 Å². The van der Waals surface area contributed by atoms with Gasteiger partial charge in [0.25, 0.3) is 5.91 Å². The van der Waals surface area contributed by atoms with E-state index in [0.717, 1.165) is 43.3 Å². The number of piperidine rings is 1. The molecule has 2 fully saturated rings. The van der Waals surface area contributed by atoms with Crippen molar-refractivity contribution in [2.75, 3.05) is 33.2 Å². The van der Waals surface area contributed by atoms with Gasteiger partial charge in [0.05, 0.1) is 10.6 Å². The van der Waals surface area contributed by atoms with Gasteiger partial charge in [0.1, 0.15) is 12.0 Å². The molecule has 1 spiro atoms. The average molecular weight is 345 g/mol. The van der Waals surface area contributed by atoms with Crippen molar-refractivity contribution in [3.63, 3.8) is 0 Å².